The lowest BCUT2D eigenvalue weighted by Crippen LogP contribution is -2.39. The van der Waals surface area contributed by atoms with Crippen LogP contribution in [0, 0.1) is 11.7 Å². The summed E-state index contributed by atoms with van der Waals surface area (Å²) in [5.74, 6) is 1.67. The summed E-state index contributed by atoms with van der Waals surface area (Å²) in [4.78, 5) is 2.35. The largest absolute Gasteiger partial charge is 0.486 e. The second-order valence-electron chi connectivity index (χ2n) is 9.07. The van der Waals surface area contributed by atoms with Crippen molar-refractivity contribution in [1.29, 1.82) is 0 Å². The van der Waals surface area contributed by atoms with Gasteiger partial charge in [0.15, 0.2) is 11.5 Å². The lowest BCUT2D eigenvalue weighted by molar-refractivity contribution is 0.171. The van der Waals surface area contributed by atoms with E-state index in [1.807, 2.05) is 6.07 Å². The summed E-state index contributed by atoms with van der Waals surface area (Å²) in [5.41, 5.74) is 13.0. The summed E-state index contributed by atoms with van der Waals surface area (Å²) >= 11 is 0. The van der Waals surface area contributed by atoms with Gasteiger partial charge in [-0.15, -0.1) is 0 Å². The fraction of sp³-hybridized carbons (Fsp3) is 0.333. The van der Waals surface area contributed by atoms with Crippen molar-refractivity contribution in [2.24, 2.45) is 5.92 Å². The number of rotatable bonds is 4. The van der Waals surface area contributed by atoms with Crippen molar-refractivity contribution in [2.75, 3.05) is 24.7 Å². The fourth-order valence-corrected chi connectivity index (χ4v) is 5.37. The molecule has 5 nitrogen and oxygen atoms in total. The Balaban J connectivity index is 1.39. The monoisotopic (exact) mass is 445 g/mol. The van der Waals surface area contributed by atoms with E-state index in [-0.39, 0.29) is 17.9 Å². The van der Waals surface area contributed by atoms with Crippen molar-refractivity contribution in [3.8, 4) is 11.5 Å². The van der Waals surface area contributed by atoms with E-state index in [0.29, 0.717) is 25.7 Å². The average molecular weight is 446 g/mol. The Morgan fingerprint density at radius 2 is 1.67 bits per heavy atom. The molecular weight excluding hydrogens is 417 g/mol. The number of ether oxygens (including phenoxy) is 2. The van der Waals surface area contributed by atoms with E-state index in [0.717, 1.165) is 35.7 Å². The number of hydrogen-bond donors (Lipinski definition) is 2. The topological polar surface area (TPSA) is 45.8 Å². The smallest absolute Gasteiger partial charge is 0.163 e. The highest BCUT2D eigenvalue weighted by molar-refractivity contribution is 5.65. The SMILES string of the molecule is CCc1ccc(C2NNC3c4cc5c(cc4N(Cc4cccc(F)c4)CC23)OCCO5)cc1. The number of aryl methyl sites for hydroxylation is 1. The lowest BCUT2D eigenvalue weighted by Gasteiger charge is -2.40. The predicted molar refractivity (Wildman–Crippen MR) is 126 cm³/mol. The van der Waals surface area contributed by atoms with Crippen molar-refractivity contribution in [2.45, 2.75) is 32.0 Å². The molecule has 3 atom stereocenters. The highest BCUT2D eigenvalue weighted by Crippen LogP contribution is 2.49. The summed E-state index contributed by atoms with van der Waals surface area (Å²) in [6.07, 6.45) is 1.03. The van der Waals surface area contributed by atoms with Crippen LogP contribution in [0.4, 0.5) is 10.1 Å². The number of hydrogen-bond acceptors (Lipinski definition) is 5. The van der Waals surface area contributed by atoms with Crippen LogP contribution in [0.5, 0.6) is 11.5 Å². The first-order valence-electron chi connectivity index (χ1n) is 11.7. The van der Waals surface area contributed by atoms with Gasteiger partial charge in [-0.1, -0.05) is 43.3 Å². The van der Waals surface area contributed by atoms with E-state index in [4.69, 9.17) is 9.47 Å². The third-order valence-electron chi connectivity index (χ3n) is 7.06. The van der Waals surface area contributed by atoms with Gasteiger partial charge in [0.2, 0.25) is 0 Å². The first kappa shape index (κ1) is 20.5. The number of hydrazine groups is 1. The molecule has 3 unspecified atom stereocenters. The molecule has 3 aromatic rings. The van der Waals surface area contributed by atoms with Crippen LogP contribution in [0.2, 0.25) is 0 Å². The summed E-state index contributed by atoms with van der Waals surface area (Å²) in [5, 5.41) is 0. The number of anilines is 1. The number of fused-ring (bicyclic) bond motifs is 4. The summed E-state index contributed by atoms with van der Waals surface area (Å²) < 4.78 is 25.7. The summed E-state index contributed by atoms with van der Waals surface area (Å²) in [6.45, 7) is 4.76. The molecule has 1 saturated heterocycles. The van der Waals surface area contributed by atoms with Gasteiger partial charge in [0.25, 0.3) is 0 Å². The van der Waals surface area contributed by atoms with Crippen LogP contribution in [0.15, 0.2) is 60.7 Å². The molecule has 33 heavy (non-hydrogen) atoms. The quantitative estimate of drug-likeness (QED) is 0.610. The zero-order chi connectivity index (χ0) is 22.4. The normalized spacial score (nSPS) is 23.2. The van der Waals surface area contributed by atoms with Gasteiger partial charge in [0.05, 0.1) is 12.1 Å². The Hall–Kier alpha value is -3.09. The minimum absolute atomic E-state index is 0.149. The summed E-state index contributed by atoms with van der Waals surface area (Å²) in [6, 6.07) is 20.3. The standard InChI is InChI=1S/C27H28FN3O2/c1-2-17-6-8-19(9-7-17)26-22-16-31(15-18-4-3-5-20(28)12-18)23-14-25-24(32-10-11-33-25)13-21(23)27(22)30-29-26/h3-9,12-14,22,26-27,29-30H,2,10-11,15-16H2,1H3. The van der Waals surface area contributed by atoms with E-state index < -0.39 is 0 Å². The zero-order valence-corrected chi connectivity index (χ0v) is 18.7. The van der Waals surface area contributed by atoms with Crippen LogP contribution >= 0.6 is 0 Å². The molecule has 3 aromatic carbocycles. The molecule has 2 N–H and O–H groups in total. The maximum atomic E-state index is 13.9. The van der Waals surface area contributed by atoms with Gasteiger partial charge in [-0.05, 0) is 46.9 Å². The predicted octanol–water partition coefficient (Wildman–Crippen LogP) is 4.69. The average Bonchev–Trinajstić information content (AvgIpc) is 3.27. The van der Waals surface area contributed by atoms with Crippen molar-refractivity contribution >= 4 is 5.69 Å². The lowest BCUT2D eigenvalue weighted by atomic mass is 9.81. The number of nitrogens with zero attached hydrogens (tertiary/aromatic N) is 1. The maximum absolute atomic E-state index is 13.9. The minimum Gasteiger partial charge on any atom is -0.486 e. The molecule has 6 rings (SSSR count). The molecule has 170 valence electrons. The van der Waals surface area contributed by atoms with Crippen LogP contribution in [0.25, 0.3) is 0 Å². The molecule has 0 bridgehead atoms. The van der Waals surface area contributed by atoms with Gasteiger partial charge in [-0.3, -0.25) is 0 Å². The highest BCUT2D eigenvalue weighted by atomic mass is 19.1. The Morgan fingerprint density at radius 1 is 0.909 bits per heavy atom. The molecule has 0 aromatic heterocycles. The molecule has 0 radical (unpaired) electrons. The minimum atomic E-state index is -0.206. The molecule has 0 aliphatic carbocycles. The van der Waals surface area contributed by atoms with Gasteiger partial charge in [-0.2, -0.15) is 0 Å². The highest BCUT2D eigenvalue weighted by Gasteiger charge is 2.44. The number of benzene rings is 3. The van der Waals surface area contributed by atoms with Crippen molar-refractivity contribution in [1.82, 2.24) is 10.9 Å². The van der Waals surface area contributed by atoms with E-state index >= 15 is 0 Å². The van der Waals surface area contributed by atoms with Crippen molar-refractivity contribution < 1.29 is 13.9 Å². The molecular formula is C27H28FN3O2. The van der Waals surface area contributed by atoms with Crippen LogP contribution in [0.1, 0.15) is 41.3 Å². The summed E-state index contributed by atoms with van der Waals surface area (Å²) in [7, 11) is 0. The van der Waals surface area contributed by atoms with E-state index in [1.165, 1.54) is 22.8 Å². The molecule has 1 fully saturated rings. The molecule has 0 amide bonds. The van der Waals surface area contributed by atoms with Gasteiger partial charge in [0.1, 0.15) is 19.0 Å². The molecule has 6 heteroatoms. The van der Waals surface area contributed by atoms with E-state index in [9.17, 15) is 4.39 Å². The number of halogens is 1. The third kappa shape index (κ3) is 3.73. The first-order valence-corrected chi connectivity index (χ1v) is 11.7. The molecule has 3 aliphatic heterocycles. The zero-order valence-electron chi connectivity index (χ0n) is 18.7. The maximum Gasteiger partial charge on any atom is 0.163 e. The Morgan fingerprint density at radius 3 is 2.42 bits per heavy atom. The molecule has 3 heterocycles. The van der Waals surface area contributed by atoms with Crippen LogP contribution in [-0.2, 0) is 13.0 Å². The Labute approximate surface area is 193 Å². The van der Waals surface area contributed by atoms with Gasteiger partial charge in [0, 0.05) is 30.8 Å². The van der Waals surface area contributed by atoms with E-state index in [2.05, 4.69) is 59.1 Å². The second-order valence-corrected chi connectivity index (χ2v) is 9.07. The third-order valence-corrected chi connectivity index (χ3v) is 7.06. The van der Waals surface area contributed by atoms with Gasteiger partial charge < -0.3 is 14.4 Å². The van der Waals surface area contributed by atoms with Gasteiger partial charge >= 0.3 is 0 Å². The molecule has 0 saturated carbocycles. The molecule has 3 aliphatic rings. The fourth-order valence-electron chi connectivity index (χ4n) is 5.37. The van der Waals surface area contributed by atoms with Gasteiger partial charge in [-0.25, -0.2) is 15.2 Å². The number of nitrogens with one attached hydrogen (secondary N) is 2. The molecule has 0 spiro atoms. The van der Waals surface area contributed by atoms with Crippen molar-refractivity contribution in [3.63, 3.8) is 0 Å². The Kier molecular flexibility index (Phi) is 5.19. The van der Waals surface area contributed by atoms with Crippen molar-refractivity contribution in [3.05, 3.63) is 88.7 Å². The van der Waals surface area contributed by atoms with Crippen LogP contribution < -0.4 is 25.2 Å². The Bertz CT molecular complexity index is 1170. The first-order chi connectivity index (χ1) is 16.2. The van der Waals surface area contributed by atoms with Crippen LogP contribution in [0.3, 0.4) is 0 Å². The second kappa shape index (κ2) is 8.36. The van der Waals surface area contributed by atoms with Crippen LogP contribution in [-0.4, -0.2) is 19.8 Å². The van der Waals surface area contributed by atoms with E-state index in [1.54, 1.807) is 12.1 Å².